The van der Waals surface area contributed by atoms with Crippen molar-refractivity contribution in [3.63, 3.8) is 0 Å². The fraction of sp³-hybridized carbons (Fsp3) is 0.421. The third kappa shape index (κ3) is 3.56. The molecule has 0 spiro atoms. The Balaban J connectivity index is 1.32. The number of nitrogens with one attached hydrogen (secondary N) is 2. The Hall–Kier alpha value is -2.83. The first-order valence-corrected chi connectivity index (χ1v) is 8.99. The quantitative estimate of drug-likeness (QED) is 0.877. The molecule has 0 aliphatic carbocycles. The van der Waals surface area contributed by atoms with E-state index in [2.05, 4.69) is 33.7 Å². The highest BCUT2D eigenvalue weighted by atomic mass is 16.6. The van der Waals surface area contributed by atoms with Crippen molar-refractivity contribution in [3.8, 4) is 0 Å². The van der Waals surface area contributed by atoms with E-state index in [9.17, 15) is 9.59 Å². The maximum Gasteiger partial charge on any atom is 0.407 e. The van der Waals surface area contributed by atoms with Crippen LogP contribution in [0.3, 0.4) is 0 Å². The van der Waals surface area contributed by atoms with Crippen molar-refractivity contribution in [1.29, 1.82) is 0 Å². The molecule has 1 aromatic heterocycles. The predicted octanol–water partition coefficient (Wildman–Crippen LogP) is 1.81. The summed E-state index contributed by atoms with van der Waals surface area (Å²) in [6, 6.07) is 11.9. The Morgan fingerprint density at radius 2 is 2.00 bits per heavy atom. The molecule has 2 aromatic rings. The minimum Gasteiger partial charge on any atom is -0.447 e. The standard InChI is InChI=1S/C19H22N4O3/c24-18(17-12-26-19(25)20-17)23-8-6-14(7-9-23)16-11-15(21-22-16)10-13-4-2-1-3-5-13/h1-5,11,14,17H,6-10,12H2,(H,20,25)(H,21,22). The molecule has 136 valence electrons. The van der Waals surface area contributed by atoms with Crippen LogP contribution in [0.15, 0.2) is 36.4 Å². The van der Waals surface area contributed by atoms with Crippen molar-refractivity contribution in [2.45, 2.75) is 31.2 Å². The van der Waals surface area contributed by atoms with Gasteiger partial charge < -0.3 is 15.0 Å². The highest BCUT2D eigenvalue weighted by Crippen LogP contribution is 2.28. The molecule has 2 fully saturated rings. The second-order valence-corrected chi connectivity index (χ2v) is 6.88. The number of aromatic amines is 1. The largest absolute Gasteiger partial charge is 0.447 e. The molecule has 4 rings (SSSR count). The Labute approximate surface area is 151 Å². The van der Waals surface area contributed by atoms with E-state index < -0.39 is 12.1 Å². The van der Waals surface area contributed by atoms with Gasteiger partial charge >= 0.3 is 6.09 Å². The van der Waals surface area contributed by atoms with Gasteiger partial charge in [0.05, 0.1) is 5.69 Å². The molecule has 0 saturated carbocycles. The molecule has 2 aliphatic rings. The summed E-state index contributed by atoms with van der Waals surface area (Å²) < 4.78 is 4.81. The second-order valence-electron chi connectivity index (χ2n) is 6.88. The molecule has 2 saturated heterocycles. The van der Waals surface area contributed by atoms with Crippen LogP contribution in [-0.2, 0) is 16.0 Å². The molecule has 26 heavy (non-hydrogen) atoms. The molecular weight excluding hydrogens is 332 g/mol. The van der Waals surface area contributed by atoms with Crippen molar-refractivity contribution < 1.29 is 14.3 Å². The van der Waals surface area contributed by atoms with Crippen LogP contribution in [0, 0.1) is 0 Å². The smallest absolute Gasteiger partial charge is 0.407 e. The van der Waals surface area contributed by atoms with Gasteiger partial charge in [-0.05, 0) is 24.5 Å². The number of piperidine rings is 1. The van der Waals surface area contributed by atoms with Gasteiger partial charge in [0.25, 0.3) is 0 Å². The first kappa shape index (κ1) is 16.6. The van der Waals surface area contributed by atoms with Crippen LogP contribution in [0.25, 0.3) is 0 Å². The molecule has 2 N–H and O–H groups in total. The lowest BCUT2D eigenvalue weighted by Gasteiger charge is -2.32. The predicted molar refractivity (Wildman–Crippen MR) is 94.7 cm³/mol. The monoisotopic (exact) mass is 354 g/mol. The summed E-state index contributed by atoms with van der Waals surface area (Å²) in [5.41, 5.74) is 3.43. The van der Waals surface area contributed by atoms with E-state index in [0.717, 1.165) is 30.7 Å². The topological polar surface area (TPSA) is 87.3 Å². The lowest BCUT2D eigenvalue weighted by atomic mass is 9.93. The maximum atomic E-state index is 12.4. The van der Waals surface area contributed by atoms with Crippen molar-refractivity contribution >= 4 is 12.0 Å². The van der Waals surface area contributed by atoms with E-state index in [-0.39, 0.29) is 12.5 Å². The molecule has 0 bridgehead atoms. The zero-order valence-corrected chi connectivity index (χ0v) is 14.5. The van der Waals surface area contributed by atoms with Crippen LogP contribution in [0.2, 0.25) is 0 Å². The number of nitrogens with zero attached hydrogens (tertiary/aromatic N) is 2. The summed E-state index contributed by atoms with van der Waals surface area (Å²) in [6.45, 7) is 1.48. The third-order valence-corrected chi connectivity index (χ3v) is 5.08. The van der Waals surface area contributed by atoms with E-state index in [4.69, 9.17) is 4.74 Å². The number of hydrogen-bond donors (Lipinski definition) is 2. The van der Waals surface area contributed by atoms with E-state index in [1.165, 1.54) is 5.56 Å². The van der Waals surface area contributed by atoms with Crippen LogP contribution >= 0.6 is 0 Å². The van der Waals surface area contributed by atoms with E-state index >= 15 is 0 Å². The average Bonchev–Trinajstić information content (AvgIpc) is 3.31. The van der Waals surface area contributed by atoms with Crippen molar-refractivity contribution in [3.05, 3.63) is 53.3 Å². The first-order chi connectivity index (χ1) is 12.7. The molecule has 1 atom stereocenters. The third-order valence-electron chi connectivity index (χ3n) is 5.08. The number of cyclic esters (lactones) is 1. The molecule has 1 aromatic carbocycles. The molecular formula is C19H22N4O3. The molecule has 1 unspecified atom stereocenters. The van der Waals surface area contributed by atoms with Crippen molar-refractivity contribution in [2.24, 2.45) is 0 Å². The zero-order valence-electron chi connectivity index (χ0n) is 14.5. The Kier molecular flexibility index (Phi) is 4.60. The Morgan fingerprint density at radius 1 is 1.23 bits per heavy atom. The minimum atomic E-state index is -0.540. The van der Waals surface area contributed by atoms with Crippen LogP contribution in [0.5, 0.6) is 0 Å². The van der Waals surface area contributed by atoms with Gasteiger partial charge in [-0.25, -0.2) is 4.79 Å². The summed E-state index contributed by atoms with van der Waals surface area (Å²) in [5, 5.41) is 10.2. The number of likely N-dealkylation sites (tertiary alicyclic amines) is 1. The summed E-state index contributed by atoms with van der Waals surface area (Å²) in [5.74, 6) is 0.301. The van der Waals surface area contributed by atoms with Gasteiger partial charge in [0.1, 0.15) is 12.6 Å². The number of benzene rings is 1. The number of amides is 2. The van der Waals surface area contributed by atoms with Gasteiger partial charge in [0.15, 0.2) is 0 Å². The van der Waals surface area contributed by atoms with Gasteiger partial charge in [-0.1, -0.05) is 30.3 Å². The van der Waals surface area contributed by atoms with Crippen LogP contribution < -0.4 is 5.32 Å². The van der Waals surface area contributed by atoms with Crippen LogP contribution in [-0.4, -0.2) is 52.8 Å². The molecule has 7 heteroatoms. The van der Waals surface area contributed by atoms with Crippen LogP contribution in [0.4, 0.5) is 4.79 Å². The lowest BCUT2D eigenvalue weighted by Crippen LogP contribution is -2.48. The van der Waals surface area contributed by atoms with Gasteiger partial charge in [-0.2, -0.15) is 5.10 Å². The average molecular weight is 354 g/mol. The molecule has 2 aliphatic heterocycles. The van der Waals surface area contributed by atoms with E-state index in [0.29, 0.717) is 19.0 Å². The molecule has 0 radical (unpaired) electrons. The number of carbonyl (C=O) groups excluding carboxylic acids is 2. The fourth-order valence-electron chi connectivity index (χ4n) is 3.63. The van der Waals surface area contributed by atoms with Gasteiger partial charge in [0, 0.05) is 31.1 Å². The van der Waals surface area contributed by atoms with Crippen LogP contribution in [0.1, 0.15) is 35.7 Å². The summed E-state index contributed by atoms with van der Waals surface area (Å²) in [6.07, 6.45) is 2.08. The van der Waals surface area contributed by atoms with Crippen molar-refractivity contribution in [2.75, 3.05) is 19.7 Å². The number of hydrogen-bond acceptors (Lipinski definition) is 4. The number of rotatable bonds is 4. The highest BCUT2D eigenvalue weighted by Gasteiger charge is 2.34. The molecule has 2 amide bonds. The van der Waals surface area contributed by atoms with E-state index in [1.54, 1.807) is 0 Å². The SMILES string of the molecule is O=C1NC(C(=O)N2CCC(c3cc(Cc4ccccc4)[nH]n3)CC2)CO1. The van der Waals surface area contributed by atoms with Gasteiger partial charge in [-0.15, -0.1) is 0 Å². The second kappa shape index (κ2) is 7.19. The van der Waals surface area contributed by atoms with Gasteiger partial charge in [-0.3, -0.25) is 9.89 Å². The zero-order chi connectivity index (χ0) is 17.9. The van der Waals surface area contributed by atoms with Gasteiger partial charge in [0.2, 0.25) is 5.91 Å². The number of carbonyl (C=O) groups is 2. The number of aromatic nitrogens is 2. The normalized spacial score (nSPS) is 20.7. The fourth-order valence-corrected chi connectivity index (χ4v) is 3.63. The maximum absolute atomic E-state index is 12.4. The summed E-state index contributed by atoms with van der Waals surface area (Å²) >= 11 is 0. The Morgan fingerprint density at radius 3 is 2.69 bits per heavy atom. The number of H-pyrrole nitrogens is 1. The van der Waals surface area contributed by atoms with Crippen molar-refractivity contribution in [1.82, 2.24) is 20.4 Å². The minimum absolute atomic E-state index is 0.0545. The summed E-state index contributed by atoms with van der Waals surface area (Å²) in [4.78, 5) is 25.3. The molecule has 7 nitrogen and oxygen atoms in total. The number of ether oxygens (including phenoxy) is 1. The molecule has 3 heterocycles. The summed E-state index contributed by atoms with van der Waals surface area (Å²) in [7, 11) is 0. The first-order valence-electron chi connectivity index (χ1n) is 8.99. The lowest BCUT2D eigenvalue weighted by molar-refractivity contribution is -0.134. The Bertz CT molecular complexity index is 781. The number of alkyl carbamates (subject to hydrolysis) is 1. The highest BCUT2D eigenvalue weighted by molar-refractivity contribution is 5.87. The van der Waals surface area contributed by atoms with E-state index in [1.807, 2.05) is 23.1 Å².